The summed E-state index contributed by atoms with van der Waals surface area (Å²) in [7, 11) is 5.87. The molecule has 2 N–H and O–H groups in total. The van der Waals surface area contributed by atoms with Crippen LogP contribution < -0.4 is 10.6 Å². The van der Waals surface area contributed by atoms with Crippen molar-refractivity contribution in [2.75, 3.05) is 27.7 Å². The first kappa shape index (κ1) is 22.4. The molecule has 1 unspecified atom stereocenters. The lowest BCUT2D eigenvalue weighted by Gasteiger charge is -2.25. The standard InChI is InChI=1S/C20H27FN4.HI/c1-22-20(23-14-17-11-7-8-12-19(17)21)24-15-18(25(2)3)13-16-9-5-4-6-10-16;/h4-12,18H,13-15H2,1-3H3,(H2,22,23,24);1H. The summed E-state index contributed by atoms with van der Waals surface area (Å²) in [6.07, 6.45) is 0.950. The summed E-state index contributed by atoms with van der Waals surface area (Å²) >= 11 is 0. The monoisotopic (exact) mass is 470 g/mol. The summed E-state index contributed by atoms with van der Waals surface area (Å²) in [6.45, 7) is 1.15. The summed E-state index contributed by atoms with van der Waals surface area (Å²) in [6, 6.07) is 17.5. The van der Waals surface area contributed by atoms with Gasteiger partial charge in [0.15, 0.2) is 5.96 Å². The SMILES string of the molecule is CN=C(NCc1ccccc1F)NCC(Cc1ccccc1)N(C)C.I. The number of nitrogens with one attached hydrogen (secondary N) is 2. The Morgan fingerprint density at radius 3 is 2.31 bits per heavy atom. The van der Waals surface area contributed by atoms with Crippen LogP contribution in [0.2, 0.25) is 0 Å². The first-order chi connectivity index (χ1) is 12.1. The van der Waals surface area contributed by atoms with E-state index in [-0.39, 0.29) is 29.8 Å². The second-order valence-electron chi connectivity index (χ2n) is 6.21. The van der Waals surface area contributed by atoms with Gasteiger partial charge in [-0.05, 0) is 32.1 Å². The van der Waals surface area contributed by atoms with Crippen molar-refractivity contribution < 1.29 is 4.39 Å². The van der Waals surface area contributed by atoms with Crippen LogP contribution in [-0.2, 0) is 13.0 Å². The van der Waals surface area contributed by atoms with Crippen LogP contribution in [0.1, 0.15) is 11.1 Å². The Kier molecular flexibility index (Phi) is 10.2. The Hall–Kier alpha value is -1.67. The van der Waals surface area contributed by atoms with Gasteiger partial charge in [-0.25, -0.2) is 4.39 Å². The fourth-order valence-corrected chi connectivity index (χ4v) is 2.58. The van der Waals surface area contributed by atoms with Gasteiger partial charge in [-0.3, -0.25) is 4.99 Å². The Bertz CT molecular complexity index is 677. The van der Waals surface area contributed by atoms with Gasteiger partial charge in [-0.2, -0.15) is 0 Å². The number of benzene rings is 2. The Labute approximate surface area is 172 Å². The van der Waals surface area contributed by atoms with Crippen molar-refractivity contribution in [2.24, 2.45) is 4.99 Å². The molecule has 0 aromatic heterocycles. The van der Waals surface area contributed by atoms with Crippen molar-refractivity contribution in [1.82, 2.24) is 15.5 Å². The van der Waals surface area contributed by atoms with Gasteiger partial charge < -0.3 is 15.5 Å². The second-order valence-corrected chi connectivity index (χ2v) is 6.21. The summed E-state index contributed by atoms with van der Waals surface area (Å²) in [5.41, 5.74) is 1.93. The maximum absolute atomic E-state index is 13.7. The predicted octanol–water partition coefficient (Wildman–Crippen LogP) is 3.28. The summed E-state index contributed by atoms with van der Waals surface area (Å²) in [5, 5.41) is 6.50. The van der Waals surface area contributed by atoms with Crippen LogP contribution in [0.25, 0.3) is 0 Å². The molecule has 2 aromatic rings. The zero-order valence-electron chi connectivity index (χ0n) is 15.6. The molecule has 142 valence electrons. The molecular weight excluding hydrogens is 442 g/mol. The van der Waals surface area contributed by atoms with E-state index in [1.807, 2.05) is 12.1 Å². The highest BCUT2D eigenvalue weighted by molar-refractivity contribution is 14.0. The number of nitrogens with zero attached hydrogens (tertiary/aromatic N) is 2. The number of rotatable bonds is 7. The summed E-state index contributed by atoms with van der Waals surface area (Å²) < 4.78 is 13.7. The molecule has 0 aliphatic rings. The molecule has 0 aliphatic heterocycles. The van der Waals surface area contributed by atoms with Gasteiger partial charge in [0, 0.05) is 31.7 Å². The third-order valence-corrected chi connectivity index (χ3v) is 4.18. The highest BCUT2D eigenvalue weighted by Crippen LogP contribution is 2.07. The van der Waals surface area contributed by atoms with Crippen molar-refractivity contribution in [2.45, 2.75) is 19.0 Å². The smallest absolute Gasteiger partial charge is 0.191 e. The van der Waals surface area contributed by atoms with E-state index in [1.54, 1.807) is 19.2 Å². The Morgan fingerprint density at radius 1 is 1.04 bits per heavy atom. The van der Waals surface area contributed by atoms with Crippen molar-refractivity contribution in [3.8, 4) is 0 Å². The van der Waals surface area contributed by atoms with Crippen LogP contribution >= 0.6 is 24.0 Å². The van der Waals surface area contributed by atoms with Gasteiger partial charge >= 0.3 is 0 Å². The van der Waals surface area contributed by atoms with E-state index < -0.39 is 0 Å². The minimum absolute atomic E-state index is 0. The lowest BCUT2D eigenvalue weighted by Crippen LogP contribution is -2.45. The highest BCUT2D eigenvalue weighted by atomic mass is 127. The molecular formula is C20H28FIN4. The fourth-order valence-electron chi connectivity index (χ4n) is 2.58. The van der Waals surface area contributed by atoms with Gasteiger partial charge in [0.2, 0.25) is 0 Å². The third-order valence-electron chi connectivity index (χ3n) is 4.18. The van der Waals surface area contributed by atoms with E-state index in [0.717, 1.165) is 13.0 Å². The zero-order valence-corrected chi connectivity index (χ0v) is 17.9. The quantitative estimate of drug-likeness (QED) is 0.371. The van der Waals surface area contributed by atoms with E-state index in [9.17, 15) is 4.39 Å². The molecule has 0 aliphatic carbocycles. The third kappa shape index (κ3) is 7.29. The Balaban J connectivity index is 0.00000338. The van der Waals surface area contributed by atoms with Crippen molar-refractivity contribution in [3.05, 3.63) is 71.5 Å². The summed E-state index contributed by atoms with van der Waals surface area (Å²) in [4.78, 5) is 6.42. The molecule has 2 aromatic carbocycles. The minimum atomic E-state index is -0.208. The van der Waals surface area contributed by atoms with Gasteiger partial charge in [0.25, 0.3) is 0 Å². The first-order valence-corrected chi connectivity index (χ1v) is 8.48. The van der Waals surface area contributed by atoms with E-state index in [0.29, 0.717) is 24.1 Å². The average Bonchev–Trinajstić information content (AvgIpc) is 2.62. The fraction of sp³-hybridized carbons (Fsp3) is 0.350. The van der Waals surface area contributed by atoms with Crippen molar-refractivity contribution >= 4 is 29.9 Å². The number of hydrogen-bond acceptors (Lipinski definition) is 2. The van der Waals surface area contributed by atoms with Gasteiger partial charge in [0.1, 0.15) is 5.82 Å². The molecule has 0 radical (unpaired) electrons. The Morgan fingerprint density at radius 2 is 1.69 bits per heavy atom. The number of aliphatic imine (C=N–C) groups is 1. The molecule has 0 spiro atoms. The van der Waals surface area contributed by atoms with Crippen LogP contribution in [0.5, 0.6) is 0 Å². The topological polar surface area (TPSA) is 39.7 Å². The van der Waals surface area contributed by atoms with Crippen LogP contribution in [0.4, 0.5) is 4.39 Å². The molecule has 2 rings (SSSR count). The predicted molar refractivity (Wildman–Crippen MR) is 118 cm³/mol. The average molecular weight is 470 g/mol. The molecule has 0 amide bonds. The second kappa shape index (κ2) is 11.9. The lowest BCUT2D eigenvalue weighted by atomic mass is 10.1. The van der Waals surface area contributed by atoms with E-state index in [4.69, 9.17) is 0 Å². The maximum atomic E-state index is 13.7. The number of likely N-dealkylation sites (N-methyl/N-ethyl adjacent to an activating group) is 1. The lowest BCUT2D eigenvalue weighted by molar-refractivity contribution is 0.290. The van der Waals surface area contributed by atoms with Gasteiger partial charge in [-0.15, -0.1) is 24.0 Å². The highest BCUT2D eigenvalue weighted by Gasteiger charge is 2.13. The molecule has 0 heterocycles. The molecule has 4 nitrogen and oxygen atoms in total. The van der Waals surface area contributed by atoms with E-state index >= 15 is 0 Å². The van der Waals surface area contributed by atoms with Crippen LogP contribution in [0, 0.1) is 5.82 Å². The first-order valence-electron chi connectivity index (χ1n) is 8.48. The molecule has 0 saturated heterocycles. The zero-order chi connectivity index (χ0) is 18.1. The van der Waals surface area contributed by atoms with Gasteiger partial charge in [0.05, 0.1) is 0 Å². The number of halogens is 2. The van der Waals surface area contributed by atoms with Crippen molar-refractivity contribution in [1.29, 1.82) is 0 Å². The molecule has 6 heteroatoms. The molecule has 0 saturated carbocycles. The number of guanidine groups is 1. The van der Waals surface area contributed by atoms with E-state index in [1.165, 1.54) is 11.6 Å². The van der Waals surface area contributed by atoms with E-state index in [2.05, 4.69) is 58.9 Å². The largest absolute Gasteiger partial charge is 0.355 e. The molecule has 0 fully saturated rings. The normalized spacial score (nSPS) is 12.4. The van der Waals surface area contributed by atoms with Gasteiger partial charge in [-0.1, -0.05) is 48.5 Å². The van der Waals surface area contributed by atoms with Crippen LogP contribution in [0.3, 0.4) is 0 Å². The molecule has 1 atom stereocenters. The maximum Gasteiger partial charge on any atom is 0.191 e. The number of hydrogen-bond donors (Lipinski definition) is 2. The molecule has 0 bridgehead atoms. The van der Waals surface area contributed by atoms with Crippen molar-refractivity contribution in [3.63, 3.8) is 0 Å². The molecule has 26 heavy (non-hydrogen) atoms. The van der Waals surface area contributed by atoms with Crippen LogP contribution in [-0.4, -0.2) is 44.6 Å². The summed E-state index contributed by atoms with van der Waals surface area (Å²) in [5.74, 6) is 0.462. The van der Waals surface area contributed by atoms with Crippen LogP contribution in [0.15, 0.2) is 59.6 Å². The minimum Gasteiger partial charge on any atom is -0.355 e.